The molecule has 0 atom stereocenters. The number of benzene rings is 2. The van der Waals surface area contributed by atoms with Crippen LogP contribution in [0.3, 0.4) is 0 Å². The van der Waals surface area contributed by atoms with Crippen molar-refractivity contribution in [2.75, 3.05) is 0 Å². The molecular weight excluding hydrogens is 328 g/mol. The summed E-state index contributed by atoms with van der Waals surface area (Å²) < 4.78 is 32.0. The molecule has 0 spiro atoms. The summed E-state index contributed by atoms with van der Waals surface area (Å²) in [6, 6.07) is 11.2. The quantitative estimate of drug-likeness (QED) is 0.681. The van der Waals surface area contributed by atoms with Crippen LogP contribution in [0.15, 0.2) is 57.9 Å². The molecular formula is C19H12F2NO3-. The van der Waals surface area contributed by atoms with Crippen molar-refractivity contribution in [1.82, 2.24) is 0 Å². The molecule has 25 heavy (non-hydrogen) atoms. The van der Waals surface area contributed by atoms with Gasteiger partial charge in [-0.3, -0.25) is 0 Å². The van der Waals surface area contributed by atoms with E-state index in [0.717, 1.165) is 12.1 Å². The molecule has 4 nitrogen and oxygen atoms in total. The maximum Gasteiger partial charge on any atom is 0.151 e. The third kappa shape index (κ3) is 3.63. The van der Waals surface area contributed by atoms with Gasteiger partial charge in [0.2, 0.25) is 0 Å². The lowest BCUT2D eigenvalue weighted by Crippen LogP contribution is -2.23. The van der Waals surface area contributed by atoms with Crippen LogP contribution in [0.1, 0.15) is 21.7 Å². The fourth-order valence-corrected chi connectivity index (χ4v) is 2.29. The Balaban J connectivity index is 1.86. The smallest absolute Gasteiger partial charge is 0.151 e. The van der Waals surface area contributed by atoms with Crippen molar-refractivity contribution in [3.05, 3.63) is 77.1 Å². The molecule has 0 aliphatic rings. The Kier molecular flexibility index (Phi) is 4.43. The van der Waals surface area contributed by atoms with Gasteiger partial charge in [-0.15, -0.1) is 0 Å². The molecule has 0 saturated carbocycles. The van der Waals surface area contributed by atoms with Crippen LogP contribution in [0.2, 0.25) is 0 Å². The Morgan fingerprint density at radius 1 is 1.12 bits per heavy atom. The standard InChI is InChI=1S/C19H13F2NO3/c1-11-2-3-12(8-15(11)19(23)24)18-7-5-14(25-18)10-22-17-6-4-13(20)9-16(17)21/h2-10H,1H3,(H,23,24)/p-1. The van der Waals surface area contributed by atoms with Crippen LogP contribution >= 0.6 is 0 Å². The number of hydrogen-bond donors (Lipinski definition) is 0. The topological polar surface area (TPSA) is 65.6 Å². The van der Waals surface area contributed by atoms with Crippen molar-refractivity contribution in [3.63, 3.8) is 0 Å². The lowest BCUT2D eigenvalue weighted by molar-refractivity contribution is -0.255. The Morgan fingerprint density at radius 2 is 1.92 bits per heavy atom. The number of nitrogens with zero attached hydrogens (tertiary/aromatic N) is 1. The Labute approximate surface area is 142 Å². The highest BCUT2D eigenvalue weighted by Crippen LogP contribution is 2.25. The zero-order valence-corrected chi connectivity index (χ0v) is 13.1. The number of furan rings is 1. The Morgan fingerprint density at radius 3 is 2.64 bits per heavy atom. The predicted molar refractivity (Wildman–Crippen MR) is 86.8 cm³/mol. The number of rotatable bonds is 4. The first-order valence-electron chi connectivity index (χ1n) is 7.35. The number of carboxylic acids is 1. The van der Waals surface area contributed by atoms with Gasteiger partial charge in [-0.1, -0.05) is 12.1 Å². The molecule has 0 unspecified atom stereocenters. The highest BCUT2D eigenvalue weighted by Gasteiger charge is 2.08. The second-order valence-electron chi connectivity index (χ2n) is 5.37. The van der Waals surface area contributed by atoms with Gasteiger partial charge in [0, 0.05) is 17.2 Å². The van der Waals surface area contributed by atoms with E-state index in [1.54, 1.807) is 31.2 Å². The monoisotopic (exact) mass is 340 g/mol. The van der Waals surface area contributed by atoms with E-state index < -0.39 is 17.6 Å². The number of carboxylic acid groups (broad SMARTS) is 1. The summed E-state index contributed by atoms with van der Waals surface area (Å²) in [6.45, 7) is 1.67. The van der Waals surface area contributed by atoms with Gasteiger partial charge in [0.05, 0.1) is 17.9 Å². The molecule has 0 bridgehead atoms. The lowest BCUT2D eigenvalue weighted by atomic mass is 10.0. The first kappa shape index (κ1) is 16.6. The minimum absolute atomic E-state index is 0.0195. The van der Waals surface area contributed by atoms with Crippen LogP contribution in [0.25, 0.3) is 11.3 Å². The van der Waals surface area contributed by atoms with Gasteiger partial charge < -0.3 is 14.3 Å². The van der Waals surface area contributed by atoms with Crippen LogP contribution in [0.5, 0.6) is 0 Å². The van der Waals surface area contributed by atoms with Gasteiger partial charge in [-0.2, -0.15) is 0 Å². The van der Waals surface area contributed by atoms with Crippen molar-refractivity contribution in [2.24, 2.45) is 4.99 Å². The number of aliphatic imine (C=N–C) groups is 1. The lowest BCUT2D eigenvalue weighted by Gasteiger charge is -2.08. The minimum atomic E-state index is -1.26. The molecule has 2 aromatic carbocycles. The number of carbonyl (C=O) groups is 1. The van der Waals surface area contributed by atoms with Gasteiger partial charge >= 0.3 is 0 Å². The molecule has 126 valence electrons. The normalized spacial score (nSPS) is 11.2. The van der Waals surface area contributed by atoms with Crippen LogP contribution in [-0.4, -0.2) is 12.2 Å². The van der Waals surface area contributed by atoms with E-state index in [0.29, 0.717) is 22.6 Å². The van der Waals surface area contributed by atoms with Gasteiger partial charge in [-0.25, -0.2) is 13.8 Å². The molecule has 0 fully saturated rings. The second kappa shape index (κ2) is 6.68. The zero-order valence-electron chi connectivity index (χ0n) is 13.1. The molecule has 0 aliphatic heterocycles. The van der Waals surface area contributed by atoms with E-state index in [9.17, 15) is 18.7 Å². The van der Waals surface area contributed by atoms with Crippen molar-refractivity contribution < 1.29 is 23.1 Å². The van der Waals surface area contributed by atoms with Gasteiger partial charge in [0.25, 0.3) is 0 Å². The van der Waals surface area contributed by atoms with Gasteiger partial charge in [-0.05, 0) is 42.8 Å². The summed E-state index contributed by atoms with van der Waals surface area (Å²) >= 11 is 0. The van der Waals surface area contributed by atoms with Crippen LogP contribution in [0, 0.1) is 18.6 Å². The van der Waals surface area contributed by atoms with E-state index in [4.69, 9.17) is 4.42 Å². The molecule has 0 amide bonds. The summed E-state index contributed by atoms with van der Waals surface area (Å²) in [5, 5.41) is 11.1. The number of aromatic carboxylic acids is 1. The Hall–Kier alpha value is -3.28. The van der Waals surface area contributed by atoms with Crippen molar-refractivity contribution in [2.45, 2.75) is 6.92 Å². The third-order valence-electron chi connectivity index (χ3n) is 3.61. The van der Waals surface area contributed by atoms with E-state index >= 15 is 0 Å². The molecule has 1 heterocycles. The molecule has 0 aliphatic carbocycles. The van der Waals surface area contributed by atoms with Crippen molar-refractivity contribution in [3.8, 4) is 11.3 Å². The number of carbonyl (C=O) groups excluding carboxylic acids is 1. The predicted octanol–water partition coefficient (Wildman–Crippen LogP) is 3.65. The molecule has 0 saturated heterocycles. The van der Waals surface area contributed by atoms with E-state index in [2.05, 4.69) is 4.99 Å². The maximum atomic E-state index is 13.5. The first-order valence-corrected chi connectivity index (χ1v) is 7.35. The highest BCUT2D eigenvalue weighted by atomic mass is 19.1. The van der Waals surface area contributed by atoms with Crippen molar-refractivity contribution in [1.29, 1.82) is 0 Å². The van der Waals surface area contributed by atoms with Gasteiger partial charge in [0.15, 0.2) is 5.82 Å². The SMILES string of the molecule is Cc1ccc(-c2ccc(C=Nc3ccc(F)cc3F)o2)cc1C(=O)[O-]. The number of halogens is 2. The summed E-state index contributed by atoms with van der Waals surface area (Å²) in [7, 11) is 0. The van der Waals surface area contributed by atoms with E-state index in [1.165, 1.54) is 18.3 Å². The third-order valence-corrected chi connectivity index (χ3v) is 3.61. The van der Waals surface area contributed by atoms with Crippen LogP contribution in [0.4, 0.5) is 14.5 Å². The largest absolute Gasteiger partial charge is 0.545 e. The molecule has 3 aromatic rings. The summed E-state index contributed by atoms with van der Waals surface area (Å²) in [5.74, 6) is -1.95. The van der Waals surface area contributed by atoms with Crippen molar-refractivity contribution >= 4 is 17.9 Å². The molecule has 6 heteroatoms. The summed E-state index contributed by atoms with van der Waals surface area (Å²) in [4.78, 5) is 15.0. The fourth-order valence-electron chi connectivity index (χ4n) is 2.29. The van der Waals surface area contributed by atoms with E-state index in [1.807, 2.05) is 0 Å². The first-order chi connectivity index (χ1) is 11.9. The van der Waals surface area contributed by atoms with Gasteiger partial charge in [0.1, 0.15) is 17.3 Å². The molecule has 0 radical (unpaired) electrons. The van der Waals surface area contributed by atoms with Crippen LogP contribution < -0.4 is 5.11 Å². The summed E-state index contributed by atoms with van der Waals surface area (Å²) in [5.41, 5.74) is 1.22. The summed E-state index contributed by atoms with van der Waals surface area (Å²) in [6.07, 6.45) is 1.30. The second-order valence-corrected chi connectivity index (χ2v) is 5.37. The maximum absolute atomic E-state index is 13.5. The number of aryl methyl sites for hydroxylation is 1. The Bertz CT molecular complexity index is 977. The molecule has 0 N–H and O–H groups in total. The number of hydrogen-bond acceptors (Lipinski definition) is 4. The minimum Gasteiger partial charge on any atom is -0.545 e. The van der Waals surface area contributed by atoms with E-state index in [-0.39, 0.29) is 11.3 Å². The fraction of sp³-hybridized carbons (Fsp3) is 0.0526. The molecule has 1 aromatic heterocycles. The average molecular weight is 340 g/mol. The van der Waals surface area contributed by atoms with Crippen LogP contribution in [-0.2, 0) is 0 Å². The zero-order chi connectivity index (χ0) is 18.0. The molecule has 3 rings (SSSR count). The average Bonchev–Trinajstić information content (AvgIpc) is 3.03. The highest BCUT2D eigenvalue weighted by molar-refractivity contribution is 5.89.